The normalized spacial score (nSPS) is 24.4. The van der Waals surface area contributed by atoms with Crippen LogP contribution in [0.1, 0.15) is 70.6 Å². The number of anilines is 1. The predicted molar refractivity (Wildman–Crippen MR) is 113 cm³/mol. The quantitative estimate of drug-likeness (QED) is 0.746. The van der Waals surface area contributed by atoms with Crippen molar-refractivity contribution in [1.82, 2.24) is 0 Å². The van der Waals surface area contributed by atoms with Gasteiger partial charge in [0.1, 0.15) is 11.9 Å². The maximum atomic E-state index is 12.6. The second-order valence-corrected chi connectivity index (χ2v) is 12.4. The van der Waals surface area contributed by atoms with E-state index in [1.165, 1.54) is 5.56 Å². The summed E-state index contributed by atoms with van der Waals surface area (Å²) in [5.74, 6) is 1.25. The maximum Gasteiger partial charge on any atom is 0.234 e. The lowest BCUT2D eigenvalue weighted by molar-refractivity contribution is -0.119. The van der Waals surface area contributed by atoms with Crippen LogP contribution in [0.2, 0.25) is 13.1 Å². The summed E-state index contributed by atoms with van der Waals surface area (Å²) in [5, 5.41) is 3.08. The van der Waals surface area contributed by atoms with Gasteiger partial charge in [-0.2, -0.15) is 0 Å². The molecule has 1 aromatic carbocycles. The average Bonchev–Trinajstić information content (AvgIpc) is 2.99. The summed E-state index contributed by atoms with van der Waals surface area (Å²) in [5.41, 5.74) is 3.73. The summed E-state index contributed by atoms with van der Waals surface area (Å²) < 4.78 is 13.2. The third-order valence-corrected chi connectivity index (χ3v) is 6.83. The van der Waals surface area contributed by atoms with Gasteiger partial charge in [0.15, 0.2) is 9.04 Å². The summed E-state index contributed by atoms with van der Waals surface area (Å²) in [7, 11) is -1.23. The SMILES string of the molecule is CCC1c2cc(C)c3c(c2OC1C(O[SiH](C)C)C(C)(C)C)C(C)(C)C(=O)N3. The molecule has 3 unspecified atom stereocenters. The van der Waals surface area contributed by atoms with Crippen molar-refractivity contribution in [1.29, 1.82) is 0 Å². The van der Waals surface area contributed by atoms with Crippen LogP contribution in [0.15, 0.2) is 6.07 Å². The van der Waals surface area contributed by atoms with Crippen LogP contribution in [0.5, 0.6) is 5.75 Å². The Labute approximate surface area is 165 Å². The van der Waals surface area contributed by atoms with Crippen LogP contribution < -0.4 is 10.1 Å². The third kappa shape index (κ3) is 3.23. The van der Waals surface area contributed by atoms with Crippen LogP contribution in [0.3, 0.4) is 0 Å². The molecule has 3 rings (SSSR count). The van der Waals surface area contributed by atoms with Gasteiger partial charge in [0.2, 0.25) is 5.91 Å². The largest absolute Gasteiger partial charge is 0.486 e. The molecule has 5 heteroatoms. The van der Waals surface area contributed by atoms with E-state index < -0.39 is 14.5 Å². The highest BCUT2D eigenvalue weighted by Crippen LogP contribution is 2.54. The van der Waals surface area contributed by atoms with Crippen LogP contribution in [0.4, 0.5) is 5.69 Å². The number of hydrogen-bond donors (Lipinski definition) is 1. The molecule has 0 spiro atoms. The van der Waals surface area contributed by atoms with Crippen molar-refractivity contribution in [3.8, 4) is 5.75 Å². The van der Waals surface area contributed by atoms with Gasteiger partial charge in [-0.3, -0.25) is 4.79 Å². The zero-order chi connectivity index (χ0) is 20.3. The summed E-state index contributed by atoms with van der Waals surface area (Å²) in [6.07, 6.45) is 1.01. The Morgan fingerprint density at radius 2 is 1.96 bits per heavy atom. The van der Waals surface area contributed by atoms with Crippen LogP contribution >= 0.6 is 0 Å². The zero-order valence-corrected chi connectivity index (χ0v) is 19.5. The van der Waals surface area contributed by atoms with Gasteiger partial charge in [-0.15, -0.1) is 0 Å². The molecular weight excluding hydrogens is 354 g/mol. The summed E-state index contributed by atoms with van der Waals surface area (Å²) in [4.78, 5) is 12.6. The lowest BCUT2D eigenvalue weighted by Gasteiger charge is -2.38. The molecule has 0 fully saturated rings. The van der Waals surface area contributed by atoms with Crippen LogP contribution in [-0.4, -0.2) is 27.2 Å². The first kappa shape index (κ1) is 20.4. The van der Waals surface area contributed by atoms with Crippen molar-refractivity contribution in [3.63, 3.8) is 0 Å². The van der Waals surface area contributed by atoms with Crippen molar-refractivity contribution in [2.75, 3.05) is 5.32 Å². The number of aryl methyl sites for hydroxylation is 1. The second-order valence-electron chi connectivity index (χ2n) is 10.0. The molecule has 0 saturated heterocycles. The molecule has 27 heavy (non-hydrogen) atoms. The molecule has 1 N–H and O–H groups in total. The molecule has 0 aliphatic carbocycles. The highest BCUT2D eigenvalue weighted by molar-refractivity contribution is 6.48. The van der Waals surface area contributed by atoms with E-state index in [-0.39, 0.29) is 29.4 Å². The Morgan fingerprint density at radius 1 is 1.33 bits per heavy atom. The molecule has 1 aromatic rings. The first-order valence-corrected chi connectivity index (χ1v) is 13.0. The Bertz CT molecular complexity index is 764. The first-order chi connectivity index (χ1) is 12.4. The summed E-state index contributed by atoms with van der Waals surface area (Å²) >= 11 is 0. The van der Waals surface area contributed by atoms with Crippen LogP contribution in [0.25, 0.3) is 0 Å². The van der Waals surface area contributed by atoms with Crippen LogP contribution in [0, 0.1) is 12.3 Å². The van der Waals surface area contributed by atoms with Crippen molar-refractivity contribution in [2.24, 2.45) is 5.41 Å². The fourth-order valence-corrected chi connectivity index (χ4v) is 5.71. The Balaban J connectivity index is 2.13. The Kier molecular flexibility index (Phi) is 5.01. The van der Waals surface area contributed by atoms with E-state index in [0.29, 0.717) is 0 Å². The van der Waals surface area contributed by atoms with E-state index in [9.17, 15) is 4.79 Å². The minimum absolute atomic E-state index is 0.0147. The predicted octanol–water partition coefficient (Wildman–Crippen LogP) is 4.89. The van der Waals surface area contributed by atoms with E-state index in [1.54, 1.807) is 0 Å². The van der Waals surface area contributed by atoms with Gasteiger partial charge in [0, 0.05) is 17.0 Å². The van der Waals surface area contributed by atoms with Gasteiger partial charge in [0.25, 0.3) is 0 Å². The highest BCUT2D eigenvalue weighted by Gasteiger charge is 2.50. The van der Waals surface area contributed by atoms with Gasteiger partial charge in [-0.05, 0) is 57.3 Å². The number of nitrogens with one attached hydrogen (secondary N) is 1. The monoisotopic (exact) mass is 389 g/mol. The van der Waals surface area contributed by atoms with Crippen LogP contribution in [-0.2, 0) is 14.6 Å². The van der Waals surface area contributed by atoms with Gasteiger partial charge in [-0.1, -0.05) is 27.7 Å². The molecule has 0 saturated carbocycles. The van der Waals surface area contributed by atoms with E-state index in [1.807, 2.05) is 13.8 Å². The molecule has 0 aromatic heterocycles. The maximum absolute atomic E-state index is 12.6. The lowest BCUT2D eigenvalue weighted by Crippen LogP contribution is -2.46. The lowest BCUT2D eigenvalue weighted by atomic mass is 9.78. The number of fused-ring (bicyclic) bond motifs is 3. The topological polar surface area (TPSA) is 47.6 Å². The number of hydrogen-bond acceptors (Lipinski definition) is 3. The summed E-state index contributed by atoms with van der Waals surface area (Å²) in [6, 6.07) is 2.22. The van der Waals surface area contributed by atoms with Crippen molar-refractivity contribution in [3.05, 3.63) is 22.8 Å². The molecule has 0 radical (unpaired) electrons. The Morgan fingerprint density at radius 3 is 2.48 bits per heavy atom. The van der Waals surface area contributed by atoms with Gasteiger partial charge in [0.05, 0.1) is 17.2 Å². The van der Waals surface area contributed by atoms with Gasteiger partial charge >= 0.3 is 0 Å². The fourth-order valence-electron chi connectivity index (χ4n) is 4.56. The van der Waals surface area contributed by atoms with E-state index in [0.717, 1.165) is 29.0 Å². The third-order valence-electron chi connectivity index (χ3n) is 6.00. The number of amides is 1. The van der Waals surface area contributed by atoms with Crippen molar-refractivity contribution < 1.29 is 14.0 Å². The van der Waals surface area contributed by atoms with Gasteiger partial charge < -0.3 is 14.5 Å². The molecule has 2 aliphatic rings. The number of carbonyl (C=O) groups is 1. The summed E-state index contributed by atoms with van der Waals surface area (Å²) in [6.45, 7) is 19.4. The standard InChI is InChI=1S/C22H35NO3Si/c1-10-13-14-11-12(2)16-15(22(6,7)20(24)23-16)17(14)25-18(13)19(21(3,4)5)26-27(8)9/h11,13,18-19,27H,10H2,1-9H3,(H,23,24). The van der Waals surface area contributed by atoms with Crippen molar-refractivity contribution in [2.45, 2.75) is 91.5 Å². The molecule has 3 atom stereocenters. The highest BCUT2D eigenvalue weighted by atomic mass is 28.3. The molecule has 2 heterocycles. The number of benzene rings is 1. The second kappa shape index (κ2) is 6.63. The van der Waals surface area contributed by atoms with E-state index in [4.69, 9.17) is 9.16 Å². The molecule has 1 amide bonds. The number of carbonyl (C=O) groups excluding carboxylic acids is 1. The van der Waals surface area contributed by atoms with Gasteiger partial charge in [-0.25, -0.2) is 0 Å². The smallest absolute Gasteiger partial charge is 0.234 e. The minimum Gasteiger partial charge on any atom is -0.486 e. The fraction of sp³-hybridized carbons (Fsp3) is 0.682. The molecular formula is C22H35NO3Si. The zero-order valence-electron chi connectivity index (χ0n) is 18.3. The molecule has 150 valence electrons. The Hall–Kier alpha value is -1.33. The van der Waals surface area contributed by atoms with E-state index in [2.05, 4.69) is 59.1 Å². The van der Waals surface area contributed by atoms with E-state index >= 15 is 0 Å². The number of rotatable bonds is 4. The van der Waals surface area contributed by atoms with Crippen molar-refractivity contribution >= 4 is 20.6 Å². The number of ether oxygens (including phenoxy) is 1. The molecule has 4 nitrogen and oxygen atoms in total. The molecule has 0 bridgehead atoms. The first-order valence-electron chi connectivity index (χ1n) is 10.2. The minimum atomic E-state index is -1.23. The molecule has 2 aliphatic heterocycles. The average molecular weight is 390 g/mol.